The van der Waals surface area contributed by atoms with E-state index in [9.17, 15) is 13.2 Å². The number of ether oxygens (including phenoxy) is 2. The van der Waals surface area contributed by atoms with Crippen molar-refractivity contribution in [2.75, 3.05) is 14.2 Å². The predicted molar refractivity (Wildman–Crippen MR) is 94.5 cm³/mol. The summed E-state index contributed by atoms with van der Waals surface area (Å²) >= 11 is 5.98. The first-order valence-corrected chi connectivity index (χ1v) is 9.16. The molecule has 2 aromatic carbocycles. The van der Waals surface area contributed by atoms with Crippen LogP contribution in [-0.2, 0) is 21.3 Å². The van der Waals surface area contributed by atoms with Crippen molar-refractivity contribution in [1.29, 1.82) is 0 Å². The van der Waals surface area contributed by atoms with E-state index in [4.69, 9.17) is 21.1 Å². The summed E-state index contributed by atoms with van der Waals surface area (Å²) in [5, 5.41) is 0.375. The first kappa shape index (κ1) is 19.2. The number of esters is 1. The van der Waals surface area contributed by atoms with Crippen molar-refractivity contribution in [1.82, 2.24) is 4.72 Å². The molecule has 0 saturated heterocycles. The second-order valence-corrected chi connectivity index (χ2v) is 7.36. The van der Waals surface area contributed by atoms with Crippen LogP contribution in [0.3, 0.4) is 0 Å². The number of nitrogens with one attached hydrogen (secondary N) is 1. The van der Waals surface area contributed by atoms with Crippen LogP contribution in [0.15, 0.2) is 41.3 Å². The lowest BCUT2D eigenvalue weighted by molar-refractivity contribution is 0.0597. The van der Waals surface area contributed by atoms with Crippen LogP contribution < -0.4 is 9.46 Å². The molecule has 0 radical (unpaired) electrons. The van der Waals surface area contributed by atoms with Gasteiger partial charge in [0.2, 0.25) is 10.0 Å². The van der Waals surface area contributed by atoms with E-state index in [0.29, 0.717) is 21.9 Å². The van der Waals surface area contributed by atoms with Crippen LogP contribution in [-0.4, -0.2) is 28.6 Å². The Morgan fingerprint density at radius 1 is 1.20 bits per heavy atom. The Bertz CT molecular complexity index is 896. The zero-order valence-corrected chi connectivity index (χ0v) is 15.6. The summed E-state index contributed by atoms with van der Waals surface area (Å²) in [4.78, 5) is 11.9. The van der Waals surface area contributed by atoms with Crippen LogP contribution >= 0.6 is 11.6 Å². The van der Waals surface area contributed by atoms with Crippen molar-refractivity contribution in [2.24, 2.45) is 0 Å². The summed E-state index contributed by atoms with van der Waals surface area (Å²) in [6.07, 6.45) is 0. The standard InChI is InChI=1S/C17H18ClNO5S/c1-11-14(18)5-4-6-16(11)25(21,22)19-10-12-7-8-15(23-2)13(9-12)17(20)24-3/h4-9,19H,10H2,1-3H3. The summed E-state index contributed by atoms with van der Waals surface area (Å²) in [5.74, 6) is -0.212. The number of carbonyl (C=O) groups is 1. The lowest BCUT2D eigenvalue weighted by Crippen LogP contribution is -2.24. The van der Waals surface area contributed by atoms with Crippen molar-refractivity contribution >= 4 is 27.6 Å². The summed E-state index contributed by atoms with van der Waals surface area (Å²) in [6, 6.07) is 9.46. The molecular formula is C17H18ClNO5S. The smallest absolute Gasteiger partial charge is 0.341 e. The zero-order chi connectivity index (χ0) is 18.6. The maximum Gasteiger partial charge on any atom is 0.341 e. The number of hydrogen-bond acceptors (Lipinski definition) is 5. The minimum absolute atomic E-state index is 0.00226. The number of benzene rings is 2. The average molecular weight is 384 g/mol. The van der Waals surface area contributed by atoms with Gasteiger partial charge in [-0.1, -0.05) is 23.7 Å². The van der Waals surface area contributed by atoms with Gasteiger partial charge in [0.1, 0.15) is 11.3 Å². The number of hydrogen-bond donors (Lipinski definition) is 1. The normalized spacial score (nSPS) is 11.2. The van der Waals surface area contributed by atoms with Crippen LogP contribution in [0.2, 0.25) is 5.02 Å². The van der Waals surface area contributed by atoms with Gasteiger partial charge in [0.15, 0.2) is 0 Å². The Balaban J connectivity index is 2.26. The molecule has 2 rings (SSSR count). The maximum absolute atomic E-state index is 12.5. The first-order valence-electron chi connectivity index (χ1n) is 7.30. The van der Waals surface area contributed by atoms with Gasteiger partial charge in [-0.15, -0.1) is 0 Å². The molecule has 0 unspecified atom stereocenters. The molecule has 2 aromatic rings. The van der Waals surface area contributed by atoms with Crippen molar-refractivity contribution in [3.8, 4) is 5.75 Å². The first-order chi connectivity index (χ1) is 11.8. The van der Waals surface area contributed by atoms with E-state index in [1.54, 1.807) is 31.2 Å². The molecule has 134 valence electrons. The number of sulfonamides is 1. The molecule has 0 aliphatic rings. The van der Waals surface area contributed by atoms with Crippen LogP contribution in [0.25, 0.3) is 0 Å². The molecule has 0 aromatic heterocycles. The fourth-order valence-electron chi connectivity index (χ4n) is 2.27. The van der Waals surface area contributed by atoms with Gasteiger partial charge in [0, 0.05) is 11.6 Å². The third-order valence-electron chi connectivity index (χ3n) is 3.64. The third kappa shape index (κ3) is 4.31. The Kier molecular flexibility index (Phi) is 6.05. The van der Waals surface area contributed by atoms with Gasteiger partial charge in [0.25, 0.3) is 0 Å². The SMILES string of the molecule is COC(=O)c1cc(CNS(=O)(=O)c2cccc(Cl)c2C)ccc1OC. The molecule has 0 heterocycles. The largest absolute Gasteiger partial charge is 0.496 e. The molecule has 0 spiro atoms. The minimum atomic E-state index is -3.75. The fourth-order valence-corrected chi connectivity index (χ4v) is 3.78. The molecular weight excluding hydrogens is 366 g/mol. The Morgan fingerprint density at radius 2 is 1.92 bits per heavy atom. The molecule has 6 nitrogen and oxygen atoms in total. The highest BCUT2D eigenvalue weighted by Crippen LogP contribution is 2.24. The van der Waals surface area contributed by atoms with Gasteiger partial charge in [-0.05, 0) is 42.3 Å². The molecule has 8 heteroatoms. The molecule has 0 aliphatic heterocycles. The summed E-state index contributed by atoms with van der Waals surface area (Å²) in [6.45, 7) is 1.64. The highest BCUT2D eigenvalue weighted by atomic mass is 35.5. The number of methoxy groups -OCH3 is 2. The minimum Gasteiger partial charge on any atom is -0.496 e. The quantitative estimate of drug-likeness (QED) is 0.775. The molecule has 0 amide bonds. The molecule has 25 heavy (non-hydrogen) atoms. The second kappa shape index (κ2) is 7.86. The van der Waals surface area contributed by atoms with Gasteiger partial charge in [-0.25, -0.2) is 17.9 Å². The Labute approximate surface area is 151 Å². The van der Waals surface area contributed by atoms with Gasteiger partial charge < -0.3 is 9.47 Å². The summed E-state index contributed by atoms with van der Waals surface area (Å²) in [5.41, 5.74) is 1.28. The van der Waals surface area contributed by atoms with Gasteiger partial charge in [-0.3, -0.25) is 0 Å². The summed E-state index contributed by atoms with van der Waals surface area (Å²) in [7, 11) is -1.05. The number of rotatable bonds is 6. The van der Waals surface area contributed by atoms with Crippen molar-refractivity contribution in [3.63, 3.8) is 0 Å². The van der Waals surface area contributed by atoms with E-state index in [2.05, 4.69) is 4.72 Å². The predicted octanol–water partition coefficient (Wildman–Crippen LogP) is 2.92. The second-order valence-electron chi connectivity index (χ2n) is 5.21. The molecule has 0 atom stereocenters. The van der Waals surface area contributed by atoms with Crippen molar-refractivity contribution in [2.45, 2.75) is 18.4 Å². The Hall–Kier alpha value is -2.09. The molecule has 0 fully saturated rings. The highest BCUT2D eigenvalue weighted by molar-refractivity contribution is 7.89. The summed E-state index contributed by atoms with van der Waals surface area (Å²) < 4.78 is 37.3. The molecule has 1 N–H and O–H groups in total. The topological polar surface area (TPSA) is 81.7 Å². The van der Waals surface area contributed by atoms with Crippen molar-refractivity contribution in [3.05, 3.63) is 58.1 Å². The van der Waals surface area contributed by atoms with Crippen LogP contribution in [0.1, 0.15) is 21.5 Å². The molecule has 0 saturated carbocycles. The number of halogens is 1. The Morgan fingerprint density at radius 3 is 2.56 bits per heavy atom. The monoisotopic (exact) mass is 383 g/mol. The van der Waals surface area contributed by atoms with Crippen LogP contribution in [0.5, 0.6) is 5.75 Å². The van der Waals surface area contributed by atoms with Crippen molar-refractivity contribution < 1.29 is 22.7 Å². The van der Waals surface area contributed by atoms with E-state index >= 15 is 0 Å². The highest BCUT2D eigenvalue weighted by Gasteiger charge is 2.19. The molecule has 0 aliphatic carbocycles. The van der Waals surface area contributed by atoms with E-state index in [-0.39, 0.29) is 17.0 Å². The van der Waals surface area contributed by atoms with E-state index in [0.717, 1.165) is 0 Å². The average Bonchev–Trinajstić information content (AvgIpc) is 2.61. The van der Waals surface area contributed by atoms with Gasteiger partial charge in [0.05, 0.1) is 19.1 Å². The van der Waals surface area contributed by atoms with Gasteiger partial charge >= 0.3 is 5.97 Å². The third-order valence-corrected chi connectivity index (χ3v) is 5.60. The van der Waals surface area contributed by atoms with E-state index in [1.165, 1.54) is 26.4 Å². The fraction of sp³-hybridized carbons (Fsp3) is 0.235. The van der Waals surface area contributed by atoms with Crippen LogP contribution in [0.4, 0.5) is 0 Å². The van der Waals surface area contributed by atoms with E-state index < -0.39 is 16.0 Å². The maximum atomic E-state index is 12.5. The molecule has 0 bridgehead atoms. The lowest BCUT2D eigenvalue weighted by Gasteiger charge is -2.12. The van der Waals surface area contributed by atoms with Gasteiger partial charge in [-0.2, -0.15) is 0 Å². The lowest BCUT2D eigenvalue weighted by atomic mass is 10.1. The van der Waals surface area contributed by atoms with E-state index in [1.807, 2.05) is 0 Å². The van der Waals surface area contributed by atoms with Crippen LogP contribution in [0, 0.1) is 6.92 Å². The number of carbonyl (C=O) groups excluding carboxylic acids is 1. The zero-order valence-electron chi connectivity index (χ0n) is 14.0.